The lowest BCUT2D eigenvalue weighted by Crippen LogP contribution is -2.22. The SMILES string of the molecule is NC1(CCc2nc3n(c2Br)CCC3)CC1. The number of halogens is 1. The lowest BCUT2D eigenvalue weighted by molar-refractivity contribution is 0.601. The van der Waals surface area contributed by atoms with E-state index in [4.69, 9.17) is 5.73 Å². The predicted octanol–water partition coefficient (Wildman–Crippen LogP) is 2.02. The average Bonchev–Trinajstić information content (AvgIpc) is 2.69. The van der Waals surface area contributed by atoms with Crippen LogP contribution in [0.25, 0.3) is 0 Å². The van der Waals surface area contributed by atoms with Crippen molar-refractivity contribution in [3.8, 4) is 0 Å². The average molecular weight is 270 g/mol. The Bertz CT molecular complexity index is 393. The normalized spacial score (nSPS) is 21.7. The molecule has 1 aliphatic heterocycles. The predicted molar refractivity (Wildman–Crippen MR) is 62.7 cm³/mol. The monoisotopic (exact) mass is 269 g/mol. The van der Waals surface area contributed by atoms with Gasteiger partial charge in [-0.2, -0.15) is 0 Å². The van der Waals surface area contributed by atoms with E-state index in [0.717, 1.165) is 25.8 Å². The fourth-order valence-corrected chi connectivity index (χ4v) is 2.95. The van der Waals surface area contributed by atoms with Gasteiger partial charge < -0.3 is 10.3 Å². The molecule has 2 heterocycles. The topological polar surface area (TPSA) is 43.8 Å². The van der Waals surface area contributed by atoms with Crippen LogP contribution < -0.4 is 5.73 Å². The molecule has 0 atom stereocenters. The summed E-state index contributed by atoms with van der Waals surface area (Å²) in [5, 5.41) is 0. The van der Waals surface area contributed by atoms with Crippen molar-refractivity contribution >= 4 is 15.9 Å². The number of aromatic nitrogens is 2. The molecule has 3 rings (SSSR count). The number of hydrogen-bond acceptors (Lipinski definition) is 2. The lowest BCUT2D eigenvalue weighted by Gasteiger charge is -2.06. The molecule has 0 radical (unpaired) electrons. The molecule has 0 amide bonds. The summed E-state index contributed by atoms with van der Waals surface area (Å²) < 4.78 is 3.49. The molecule has 1 aromatic heterocycles. The molecule has 4 heteroatoms. The second kappa shape index (κ2) is 3.32. The zero-order valence-corrected chi connectivity index (χ0v) is 10.4. The summed E-state index contributed by atoms with van der Waals surface area (Å²) in [6, 6.07) is 0. The molecule has 0 saturated heterocycles. The molecule has 3 nitrogen and oxygen atoms in total. The third-order valence-corrected chi connectivity index (χ3v) is 4.47. The van der Waals surface area contributed by atoms with E-state index in [0.29, 0.717) is 0 Å². The molecule has 0 bridgehead atoms. The third kappa shape index (κ3) is 1.74. The van der Waals surface area contributed by atoms with Gasteiger partial charge >= 0.3 is 0 Å². The Hall–Kier alpha value is -0.350. The van der Waals surface area contributed by atoms with Crippen LogP contribution in [0.2, 0.25) is 0 Å². The van der Waals surface area contributed by atoms with Crippen LogP contribution in [0.15, 0.2) is 4.60 Å². The van der Waals surface area contributed by atoms with Gasteiger partial charge in [0.15, 0.2) is 0 Å². The maximum atomic E-state index is 6.09. The van der Waals surface area contributed by atoms with Crippen LogP contribution in [-0.2, 0) is 19.4 Å². The van der Waals surface area contributed by atoms with E-state index in [1.807, 2.05) is 0 Å². The second-order valence-electron chi connectivity index (χ2n) is 4.88. The first-order valence-electron chi connectivity index (χ1n) is 5.71. The minimum absolute atomic E-state index is 0.146. The number of nitrogens with zero attached hydrogens (tertiary/aromatic N) is 2. The molecule has 1 fully saturated rings. The summed E-state index contributed by atoms with van der Waals surface area (Å²) in [7, 11) is 0. The summed E-state index contributed by atoms with van der Waals surface area (Å²) in [6.07, 6.45) is 6.86. The maximum Gasteiger partial charge on any atom is 0.109 e. The number of nitrogens with two attached hydrogens (primary N) is 1. The molecule has 0 spiro atoms. The van der Waals surface area contributed by atoms with E-state index in [2.05, 4.69) is 25.5 Å². The van der Waals surface area contributed by atoms with Gasteiger partial charge in [0.2, 0.25) is 0 Å². The van der Waals surface area contributed by atoms with Crippen molar-refractivity contribution in [2.24, 2.45) is 5.73 Å². The standard InChI is InChI=1S/C11H16BrN3/c12-10-8(3-4-11(13)5-6-11)14-9-2-1-7-15(9)10/h1-7,13H2. The van der Waals surface area contributed by atoms with Gasteiger partial charge in [0.25, 0.3) is 0 Å². The second-order valence-corrected chi connectivity index (χ2v) is 5.63. The zero-order chi connectivity index (χ0) is 10.5. The number of aryl methyl sites for hydroxylation is 2. The largest absolute Gasteiger partial charge is 0.325 e. The van der Waals surface area contributed by atoms with Crippen LogP contribution in [0.4, 0.5) is 0 Å². The fourth-order valence-electron chi connectivity index (χ4n) is 2.28. The summed E-state index contributed by atoms with van der Waals surface area (Å²) in [5.41, 5.74) is 7.44. The summed E-state index contributed by atoms with van der Waals surface area (Å²) in [4.78, 5) is 4.68. The number of imidazole rings is 1. The molecule has 2 aliphatic rings. The van der Waals surface area contributed by atoms with Crippen molar-refractivity contribution in [3.63, 3.8) is 0 Å². The smallest absolute Gasteiger partial charge is 0.109 e. The summed E-state index contributed by atoms with van der Waals surface area (Å²) >= 11 is 3.65. The summed E-state index contributed by atoms with van der Waals surface area (Å²) in [6.45, 7) is 1.12. The highest BCUT2D eigenvalue weighted by Crippen LogP contribution is 2.37. The van der Waals surface area contributed by atoms with Gasteiger partial charge in [-0.1, -0.05) is 0 Å². The third-order valence-electron chi connectivity index (χ3n) is 3.58. The fraction of sp³-hybridized carbons (Fsp3) is 0.727. The molecule has 1 aliphatic carbocycles. The first-order chi connectivity index (χ1) is 7.18. The van der Waals surface area contributed by atoms with Gasteiger partial charge in [0.1, 0.15) is 10.4 Å². The first-order valence-corrected chi connectivity index (χ1v) is 6.50. The summed E-state index contributed by atoms with van der Waals surface area (Å²) in [5.74, 6) is 1.25. The van der Waals surface area contributed by atoms with Crippen molar-refractivity contribution in [1.29, 1.82) is 0 Å². The number of fused-ring (bicyclic) bond motifs is 1. The molecular weight excluding hydrogens is 254 g/mol. The van der Waals surface area contributed by atoms with Crippen LogP contribution in [0, 0.1) is 0 Å². The van der Waals surface area contributed by atoms with Gasteiger partial charge in [-0.15, -0.1) is 0 Å². The van der Waals surface area contributed by atoms with Crippen molar-refractivity contribution in [2.75, 3.05) is 0 Å². The Balaban J connectivity index is 1.75. The highest BCUT2D eigenvalue weighted by Gasteiger charge is 2.37. The molecule has 15 heavy (non-hydrogen) atoms. The van der Waals surface area contributed by atoms with E-state index >= 15 is 0 Å². The Labute approximate surface area is 98.2 Å². The Kier molecular flexibility index (Phi) is 2.18. The van der Waals surface area contributed by atoms with Crippen molar-refractivity contribution < 1.29 is 0 Å². The van der Waals surface area contributed by atoms with Crippen molar-refractivity contribution in [2.45, 2.75) is 50.6 Å². The van der Waals surface area contributed by atoms with Crippen LogP contribution in [0.3, 0.4) is 0 Å². The van der Waals surface area contributed by atoms with E-state index in [1.54, 1.807) is 0 Å². The highest BCUT2D eigenvalue weighted by molar-refractivity contribution is 9.10. The quantitative estimate of drug-likeness (QED) is 0.913. The molecule has 1 aromatic rings. The molecule has 0 unspecified atom stereocenters. The molecule has 2 N–H and O–H groups in total. The molecular formula is C11H16BrN3. The lowest BCUT2D eigenvalue weighted by atomic mass is 10.1. The van der Waals surface area contributed by atoms with E-state index in [-0.39, 0.29) is 5.54 Å². The Morgan fingerprint density at radius 2 is 2.27 bits per heavy atom. The van der Waals surface area contributed by atoms with Crippen LogP contribution >= 0.6 is 15.9 Å². The number of rotatable bonds is 3. The van der Waals surface area contributed by atoms with Gasteiger partial charge in [-0.3, -0.25) is 0 Å². The van der Waals surface area contributed by atoms with Gasteiger partial charge in [0.05, 0.1) is 5.69 Å². The minimum atomic E-state index is 0.146. The van der Waals surface area contributed by atoms with Crippen LogP contribution in [-0.4, -0.2) is 15.1 Å². The van der Waals surface area contributed by atoms with E-state index in [1.165, 1.54) is 35.4 Å². The molecule has 1 saturated carbocycles. The van der Waals surface area contributed by atoms with Crippen LogP contribution in [0.1, 0.15) is 37.2 Å². The number of hydrogen-bond donors (Lipinski definition) is 1. The molecule has 82 valence electrons. The maximum absolute atomic E-state index is 6.09. The van der Waals surface area contributed by atoms with E-state index in [9.17, 15) is 0 Å². The van der Waals surface area contributed by atoms with Gasteiger partial charge in [0, 0.05) is 18.5 Å². The Morgan fingerprint density at radius 1 is 1.47 bits per heavy atom. The first kappa shape index (κ1) is 9.85. The zero-order valence-electron chi connectivity index (χ0n) is 8.80. The minimum Gasteiger partial charge on any atom is -0.325 e. The Morgan fingerprint density at radius 3 is 2.93 bits per heavy atom. The van der Waals surface area contributed by atoms with Crippen molar-refractivity contribution in [3.05, 3.63) is 16.1 Å². The van der Waals surface area contributed by atoms with Gasteiger partial charge in [-0.25, -0.2) is 4.98 Å². The van der Waals surface area contributed by atoms with Gasteiger partial charge in [-0.05, 0) is 48.0 Å². The van der Waals surface area contributed by atoms with Crippen LogP contribution in [0.5, 0.6) is 0 Å². The van der Waals surface area contributed by atoms with Crippen molar-refractivity contribution in [1.82, 2.24) is 9.55 Å². The highest BCUT2D eigenvalue weighted by atomic mass is 79.9. The van der Waals surface area contributed by atoms with E-state index < -0.39 is 0 Å². The molecule has 0 aromatic carbocycles.